The Morgan fingerprint density at radius 3 is 2.63 bits per heavy atom. The first-order chi connectivity index (χ1) is 12.9. The molecule has 2 aliphatic rings. The SMILES string of the molecule is CC(C)(C(=O)Nc1cc(C2(CO)CCCCC2)no1)[SH+](=O)C1CCOCC1. The number of nitrogens with zero attached hydrogens (tertiary/aromatic N) is 1. The number of aliphatic hydroxyl groups excluding tert-OH is 1. The van der Waals surface area contributed by atoms with Crippen LogP contribution >= 0.6 is 0 Å². The molecule has 1 aliphatic heterocycles. The molecule has 2 fully saturated rings. The fourth-order valence-corrected chi connectivity index (χ4v) is 5.90. The molecule has 1 aromatic heterocycles. The third kappa shape index (κ3) is 4.27. The number of hydrogen-bond acceptors (Lipinski definition) is 6. The van der Waals surface area contributed by atoms with E-state index in [4.69, 9.17) is 9.26 Å². The summed E-state index contributed by atoms with van der Waals surface area (Å²) in [6, 6.07) is 1.71. The van der Waals surface area contributed by atoms with E-state index >= 15 is 0 Å². The molecular weight excluding hydrogens is 368 g/mol. The summed E-state index contributed by atoms with van der Waals surface area (Å²) in [5.74, 6) is -0.0867. The summed E-state index contributed by atoms with van der Waals surface area (Å²) in [5, 5.41) is 16.8. The number of hydrogen-bond donors (Lipinski definition) is 2. The fourth-order valence-electron chi connectivity index (χ4n) is 4.05. The molecule has 1 unspecified atom stereocenters. The van der Waals surface area contributed by atoms with Crippen LogP contribution in [0.15, 0.2) is 10.6 Å². The number of aliphatic hydroxyl groups is 1. The molecule has 1 aromatic rings. The van der Waals surface area contributed by atoms with Crippen LogP contribution in [0, 0.1) is 0 Å². The number of aromatic nitrogens is 1. The molecule has 1 aliphatic carbocycles. The van der Waals surface area contributed by atoms with Gasteiger partial charge in [-0.2, -0.15) is 0 Å². The monoisotopic (exact) mass is 399 g/mol. The van der Waals surface area contributed by atoms with Crippen LogP contribution < -0.4 is 5.32 Å². The summed E-state index contributed by atoms with van der Waals surface area (Å²) in [7, 11) is -1.74. The predicted molar refractivity (Wildman–Crippen MR) is 104 cm³/mol. The van der Waals surface area contributed by atoms with Crippen LogP contribution in [-0.2, 0) is 30.0 Å². The van der Waals surface area contributed by atoms with Crippen molar-refractivity contribution in [3.8, 4) is 0 Å². The topological polar surface area (TPSA) is 102 Å². The van der Waals surface area contributed by atoms with E-state index < -0.39 is 15.5 Å². The lowest BCUT2D eigenvalue weighted by molar-refractivity contribution is -0.117. The van der Waals surface area contributed by atoms with Gasteiger partial charge in [0.15, 0.2) is 0 Å². The molecule has 27 heavy (non-hydrogen) atoms. The van der Waals surface area contributed by atoms with Gasteiger partial charge in [0.25, 0.3) is 5.91 Å². The third-order valence-corrected chi connectivity index (χ3v) is 8.52. The number of anilines is 1. The maximum Gasteiger partial charge on any atom is 0.281 e. The Kier molecular flexibility index (Phi) is 6.38. The van der Waals surface area contributed by atoms with Crippen molar-refractivity contribution in [2.24, 2.45) is 0 Å². The van der Waals surface area contributed by atoms with E-state index in [2.05, 4.69) is 10.5 Å². The lowest BCUT2D eigenvalue weighted by Gasteiger charge is -2.33. The van der Waals surface area contributed by atoms with Gasteiger partial charge in [0.1, 0.15) is 5.25 Å². The zero-order valence-corrected chi connectivity index (χ0v) is 17.1. The average molecular weight is 400 g/mol. The van der Waals surface area contributed by atoms with Crippen LogP contribution in [-0.4, -0.2) is 46.0 Å². The fraction of sp³-hybridized carbons (Fsp3) is 0.789. The predicted octanol–water partition coefficient (Wildman–Crippen LogP) is 2.46. The number of nitrogens with one attached hydrogen (secondary N) is 1. The van der Waals surface area contributed by atoms with Gasteiger partial charge < -0.3 is 14.4 Å². The first-order valence-corrected chi connectivity index (χ1v) is 11.2. The van der Waals surface area contributed by atoms with E-state index in [9.17, 15) is 14.1 Å². The Bertz CT molecular complexity index is 675. The summed E-state index contributed by atoms with van der Waals surface area (Å²) < 4.78 is 22.6. The molecule has 0 aromatic carbocycles. The Morgan fingerprint density at radius 2 is 2.00 bits per heavy atom. The minimum atomic E-state index is -1.74. The van der Waals surface area contributed by atoms with Crippen LogP contribution in [0.3, 0.4) is 0 Å². The van der Waals surface area contributed by atoms with E-state index in [1.165, 1.54) is 0 Å². The second-order valence-corrected chi connectivity index (χ2v) is 10.8. The van der Waals surface area contributed by atoms with E-state index in [1.54, 1.807) is 19.9 Å². The molecule has 0 bridgehead atoms. The summed E-state index contributed by atoms with van der Waals surface area (Å²) in [6.07, 6.45) is 6.43. The number of ether oxygens (including phenoxy) is 1. The summed E-state index contributed by atoms with van der Waals surface area (Å²) in [4.78, 5) is 12.8. The van der Waals surface area contributed by atoms with Crippen LogP contribution in [0.25, 0.3) is 0 Å². The molecule has 152 valence electrons. The van der Waals surface area contributed by atoms with Crippen LogP contribution in [0.1, 0.15) is 64.5 Å². The Morgan fingerprint density at radius 1 is 1.33 bits per heavy atom. The molecule has 8 heteroatoms. The Balaban J connectivity index is 1.68. The highest BCUT2D eigenvalue weighted by molar-refractivity contribution is 7.87. The number of thiol groups is 1. The van der Waals surface area contributed by atoms with Crippen LogP contribution in [0.5, 0.6) is 0 Å². The highest BCUT2D eigenvalue weighted by atomic mass is 32.2. The van der Waals surface area contributed by atoms with Crippen molar-refractivity contribution in [1.29, 1.82) is 0 Å². The van der Waals surface area contributed by atoms with Crippen molar-refractivity contribution < 1.29 is 23.4 Å². The van der Waals surface area contributed by atoms with Gasteiger partial charge in [-0.25, -0.2) is 0 Å². The van der Waals surface area contributed by atoms with Gasteiger partial charge in [0.2, 0.25) is 10.6 Å². The summed E-state index contributed by atoms with van der Waals surface area (Å²) >= 11 is 0. The van der Waals surface area contributed by atoms with Crippen molar-refractivity contribution in [3.05, 3.63) is 11.8 Å². The molecule has 2 heterocycles. The van der Waals surface area contributed by atoms with Crippen LogP contribution in [0.4, 0.5) is 5.88 Å². The van der Waals surface area contributed by atoms with Crippen molar-refractivity contribution >= 4 is 22.6 Å². The molecule has 2 N–H and O–H groups in total. The third-order valence-electron chi connectivity index (χ3n) is 6.03. The van der Waals surface area contributed by atoms with Gasteiger partial charge in [0, 0.05) is 24.3 Å². The maximum atomic E-state index is 13.0. The summed E-state index contributed by atoms with van der Waals surface area (Å²) in [5.41, 5.74) is 0.305. The Hall–Kier alpha value is -1.25. The zero-order valence-electron chi connectivity index (χ0n) is 16.2. The normalized spacial score (nSPS) is 22.3. The minimum Gasteiger partial charge on any atom is -0.395 e. The van der Waals surface area contributed by atoms with E-state index in [1.807, 2.05) is 0 Å². The number of carbonyl (C=O) groups is 1. The molecule has 0 spiro atoms. The maximum absolute atomic E-state index is 13.0. The summed E-state index contributed by atoms with van der Waals surface area (Å²) in [6.45, 7) is 4.64. The van der Waals surface area contributed by atoms with E-state index in [0.29, 0.717) is 18.9 Å². The highest BCUT2D eigenvalue weighted by Gasteiger charge is 2.45. The molecule has 3 rings (SSSR count). The van der Waals surface area contributed by atoms with Gasteiger partial charge in [-0.3, -0.25) is 10.1 Å². The molecular formula is C19H31N2O5S+. The lowest BCUT2D eigenvalue weighted by atomic mass is 9.72. The second-order valence-electron chi connectivity index (χ2n) is 8.26. The van der Waals surface area contributed by atoms with Crippen molar-refractivity contribution in [2.75, 3.05) is 25.1 Å². The minimum absolute atomic E-state index is 0.000293. The van der Waals surface area contributed by atoms with Gasteiger partial charge >= 0.3 is 0 Å². The second kappa shape index (κ2) is 8.41. The average Bonchev–Trinajstić information content (AvgIpc) is 3.17. The van der Waals surface area contributed by atoms with Crippen molar-refractivity contribution in [2.45, 2.75) is 74.2 Å². The number of carbonyl (C=O) groups excluding carboxylic acids is 1. The number of amides is 1. The van der Waals surface area contributed by atoms with Gasteiger partial charge in [-0.1, -0.05) is 24.4 Å². The first-order valence-electron chi connectivity index (χ1n) is 9.83. The van der Waals surface area contributed by atoms with Crippen molar-refractivity contribution in [1.82, 2.24) is 5.16 Å². The molecule has 1 atom stereocenters. The smallest absolute Gasteiger partial charge is 0.281 e. The van der Waals surface area contributed by atoms with E-state index in [0.717, 1.165) is 44.9 Å². The number of rotatable bonds is 6. The van der Waals surface area contributed by atoms with Gasteiger partial charge in [0.05, 0.1) is 36.3 Å². The molecule has 7 nitrogen and oxygen atoms in total. The molecule has 1 saturated heterocycles. The zero-order chi connectivity index (χ0) is 19.5. The van der Waals surface area contributed by atoms with Crippen molar-refractivity contribution in [3.63, 3.8) is 0 Å². The quantitative estimate of drug-likeness (QED) is 0.563. The van der Waals surface area contributed by atoms with Gasteiger partial charge in [-0.15, -0.1) is 4.21 Å². The standard InChI is InChI=1S/C19H30N2O5S/c1-18(2,27(24)14-6-10-25-11-7-14)17(23)20-16-12-15(21-26-16)19(13-22)8-4-3-5-9-19/h12,14,22H,3-11,13H2,1-2H3,(H,20,23)/p+1. The van der Waals surface area contributed by atoms with Gasteiger partial charge in [-0.05, 0) is 26.7 Å². The largest absolute Gasteiger partial charge is 0.395 e. The first kappa shape index (κ1) is 20.5. The van der Waals surface area contributed by atoms with Crippen LogP contribution in [0.2, 0.25) is 0 Å². The molecule has 0 radical (unpaired) electrons. The lowest BCUT2D eigenvalue weighted by Crippen LogP contribution is -2.45. The van der Waals surface area contributed by atoms with E-state index in [-0.39, 0.29) is 29.1 Å². The molecule has 1 amide bonds. The Labute approximate surface area is 162 Å². The molecule has 1 saturated carbocycles. The highest BCUT2D eigenvalue weighted by Crippen LogP contribution is 2.39.